The third-order valence-corrected chi connectivity index (χ3v) is 2.70. The van der Waals surface area contributed by atoms with Crippen LogP contribution in [0.5, 0.6) is 0 Å². The first-order valence-electron chi connectivity index (χ1n) is 2.72. The third kappa shape index (κ3) is 1.46. The summed E-state index contributed by atoms with van der Waals surface area (Å²) in [5.74, 6) is 0. The molecule has 0 amide bonds. The van der Waals surface area contributed by atoms with E-state index in [0.29, 0.717) is 0 Å². The van der Waals surface area contributed by atoms with Crippen molar-refractivity contribution in [1.29, 1.82) is 0 Å². The molecule has 50 valence electrons. The summed E-state index contributed by atoms with van der Waals surface area (Å²) in [6.07, 6.45) is 5.79. The van der Waals surface area contributed by atoms with E-state index in [9.17, 15) is 0 Å². The Morgan fingerprint density at radius 1 is 1.78 bits per heavy atom. The second kappa shape index (κ2) is 2.30. The zero-order valence-electron chi connectivity index (χ0n) is 5.19. The zero-order valence-corrected chi connectivity index (χ0v) is 7.34. The molecule has 3 heteroatoms. The van der Waals surface area contributed by atoms with Crippen LogP contribution in [-0.2, 0) is 0 Å². The van der Waals surface area contributed by atoms with Crippen molar-refractivity contribution in [2.75, 3.05) is 0 Å². The Labute approximate surface area is 68.3 Å². The van der Waals surface area contributed by atoms with Gasteiger partial charge in [0, 0.05) is 3.58 Å². The number of halogens is 1. The van der Waals surface area contributed by atoms with Crippen LogP contribution in [0, 0.1) is 0 Å². The van der Waals surface area contributed by atoms with Crippen LogP contribution in [0.15, 0.2) is 21.9 Å². The van der Waals surface area contributed by atoms with Crippen LogP contribution in [0.4, 0.5) is 0 Å². The maximum Gasteiger partial charge on any atom is 0.114 e. The molecule has 0 aromatic rings. The molecule has 0 saturated carbocycles. The molecule has 1 heterocycles. The van der Waals surface area contributed by atoms with Gasteiger partial charge in [-0.2, -0.15) is 0 Å². The second-order valence-electron chi connectivity index (χ2n) is 2.22. The molecule has 2 nitrogen and oxygen atoms in total. The number of nitrogens with two attached hydrogens (primary N) is 1. The van der Waals surface area contributed by atoms with Crippen LogP contribution in [0.25, 0.3) is 0 Å². The highest BCUT2D eigenvalue weighted by Crippen LogP contribution is 2.20. The number of hydrogen-bond donors (Lipinski definition) is 2. The molecule has 1 aliphatic heterocycles. The van der Waals surface area contributed by atoms with Crippen molar-refractivity contribution in [3.05, 3.63) is 21.9 Å². The predicted molar refractivity (Wildman–Crippen MR) is 47.0 cm³/mol. The normalized spacial score (nSPS) is 33.4. The van der Waals surface area contributed by atoms with Gasteiger partial charge in [0.25, 0.3) is 0 Å². The average Bonchev–Trinajstić information content (AvgIpc) is 1.77. The van der Waals surface area contributed by atoms with Crippen molar-refractivity contribution in [3.8, 4) is 0 Å². The first-order chi connectivity index (χ1) is 4.13. The van der Waals surface area contributed by atoms with Crippen molar-refractivity contribution in [3.63, 3.8) is 0 Å². The minimum Gasteiger partial charge on any atom is -0.370 e. The lowest BCUT2D eigenvalue weighted by molar-refractivity contribution is 0.514. The van der Waals surface area contributed by atoms with Gasteiger partial charge >= 0.3 is 0 Å². The molecule has 0 aromatic heterocycles. The maximum atomic E-state index is 5.78. The summed E-state index contributed by atoms with van der Waals surface area (Å²) in [6.45, 7) is 1.94. The van der Waals surface area contributed by atoms with Crippen LogP contribution in [-0.4, -0.2) is 5.66 Å². The topological polar surface area (TPSA) is 38.0 Å². The average molecular weight is 236 g/mol. The van der Waals surface area contributed by atoms with Gasteiger partial charge in [0.15, 0.2) is 0 Å². The van der Waals surface area contributed by atoms with Crippen molar-refractivity contribution in [1.82, 2.24) is 5.32 Å². The third-order valence-electron chi connectivity index (χ3n) is 1.22. The summed E-state index contributed by atoms with van der Waals surface area (Å²) < 4.78 is 1.13. The largest absolute Gasteiger partial charge is 0.370 e. The summed E-state index contributed by atoms with van der Waals surface area (Å²) in [5.41, 5.74) is 5.43. The lowest BCUT2D eigenvalue weighted by Gasteiger charge is -2.26. The lowest BCUT2D eigenvalue weighted by atomic mass is 10.1. The highest BCUT2D eigenvalue weighted by atomic mass is 127. The second-order valence-corrected chi connectivity index (χ2v) is 3.38. The van der Waals surface area contributed by atoms with Crippen LogP contribution < -0.4 is 11.1 Å². The van der Waals surface area contributed by atoms with Gasteiger partial charge in [0.05, 0.1) is 0 Å². The minimum absolute atomic E-state index is 0.352. The molecular weight excluding hydrogens is 227 g/mol. The molecule has 9 heavy (non-hydrogen) atoms. The van der Waals surface area contributed by atoms with Crippen molar-refractivity contribution in [2.45, 2.75) is 12.6 Å². The number of dihydropyridines is 1. The monoisotopic (exact) mass is 236 g/mol. The summed E-state index contributed by atoms with van der Waals surface area (Å²) >= 11 is 2.22. The van der Waals surface area contributed by atoms with Crippen LogP contribution in [0.2, 0.25) is 0 Å². The Hall–Kier alpha value is -0.0300. The van der Waals surface area contributed by atoms with Gasteiger partial charge in [0.2, 0.25) is 0 Å². The van der Waals surface area contributed by atoms with Crippen molar-refractivity contribution < 1.29 is 0 Å². The van der Waals surface area contributed by atoms with Gasteiger partial charge in [-0.25, -0.2) is 0 Å². The molecule has 0 fully saturated rings. The smallest absolute Gasteiger partial charge is 0.114 e. The van der Waals surface area contributed by atoms with Gasteiger partial charge in [-0.05, 0) is 47.9 Å². The number of nitrogens with one attached hydrogen (secondary N) is 1. The van der Waals surface area contributed by atoms with E-state index in [0.717, 1.165) is 3.58 Å². The van der Waals surface area contributed by atoms with E-state index in [2.05, 4.69) is 27.9 Å². The quantitative estimate of drug-likeness (QED) is 0.618. The van der Waals surface area contributed by atoms with Gasteiger partial charge < -0.3 is 11.1 Å². The minimum atomic E-state index is -0.352. The number of allylic oxidation sites excluding steroid dienone is 2. The molecule has 0 aliphatic carbocycles. The molecule has 1 atom stereocenters. The Morgan fingerprint density at radius 3 is 2.78 bits per heavy atom. The first-order valence-corrected chi connectivity index (χ1v) is 3.80. The predicted octanol–water partition coefficient (Wildman–Crippen LogP) is 1.10. The Balaban J connectivity index is 2.83. The van der Waals surface area contributed by atoms with Gasteiger partial charge in [-0.3, -0.25) is 0 Å². The standard InChI is InChI=1S/C6H9IN2/c1-6(8)5(7)3-2-4-9-6/h2-4,9H,8H2,1H3. The van der Waals surface area contributed by atoms with E-state index in [1.54, 1.807) is 0 Å². The van der Waals surface area contributed by atoms with Crippen LogP contribution in [0.3, 0.4) is 0 Å². The zero-order chi connectivity index (χ0) is 6.91. The van der Waals surface area contributed by atoms with E-state index < -0.39 is 0 Å². The summed E-state index contributed by atoms with van der Waals surface area (Å²) in [6, 6.07) is 0. The van der Waals surface area contributed by atoms with Gasteiger partial charge in [-0.15, -0.1) is 0 Å². The number of hydrogen-bond acceptors (Lipinski definition) is 2. The molecular formula is C6H9IN2. The van der Waals surface area contributed by atoms with Crippen molar-refractivity contribution in [2.24, 2.45) is 5.73 Å². The summed E-state index contributed by atoms with van der Waals surface area (Å²) in [5, 5.41) is 3.03. The highest BCUT2D eigenvalue weighted by Gasteiger charge is 2.20. The molecule has 0 aromatic carbocycles. The van der Waals surface area contributed by atoms with Gasteiger partial charge in [0.1, 0.15) is 5.66 Å². The molecule has 0 radical (unpaired) electrons. The molecule has 0 saturated heterocycles. The fourth-order valence-corrected chi connectivity index (χ4v) is 0.959. The molecule has 0 bridgehead atoms. The molecule has 0 spiro atoms. The van der Waals surface area contributed by atoms with E-state index in [4.69, 9.17) is 5.73 Å². The number of rotatable bonds is 0. The summed E-state index contributed by atoms with van der Waals surface area (Å²) in [7, 11) is 0. The molecule has 1 rings (SSSR count). The Bertz CT molecular complexity index is 170. The Morgan fingerprint density at radius 2 is 2.44 bits per heavy atom. The molecule has 1 unspecified atom stereocenters. The SMILES string of the molecule is CC1(N)NC=CC=C1I. The van der Waals surface area contributed by atoms with Crippen molar-refractivity contribution >= 4 is 22.6 Å². The van der Waals surface area contributed by atoms with Crippen LogP contribution in [0.1, 0.15) is 6.92 Å². The summed E-state index contributed by atoms with van der Waals surface area (Å²) in [4.78, 5) is 0. The maximum absolute atomic E-state index is 5.78. The van der Waals surface area contributed by atoms with E-state index in [1.165, 1.54) is 0 Å². The fraction of sp³-hybridized carbons (Fsp3) is 0.333. The molecule has 3 N–H and O–H groups in total. The first kappa shape index (κ1) is 7.08. The lowest BCUT2D eigenvalue weighted by Crippen LogP contribution is -2.49. The molecule has 1 aliphatic rings. The van der Waals surface area contributed by atoms with Gasteiger partial charge in [-0.1, -0.05) is 0 Å². The van der Waals surface area contributed by atoms with E-state index in [-0.39, 0.29) is 5.66 Å². The fourth-order valence-electron chi connectivity index (χ4n) is 0.596. The highest BCUT2D eigenvalue weighted by molar-refractivity contribution is 14.1. The van der Waals surface area contributed by atoms with E-state index in [1.807, 2.05) is 25.3 Å². The Kier molecular flexibility index (Phi) is 1.81. The van der Waals surface area contributed by atoms with E-state index >= 15 is 0 Å². The van der Waals surface area contributed by atoms with Crippen LogP contribution >= 0.6 is 22.6 Å².